The first-order chi connectivity index (χ1) is 15.4. The summed E-state index contributed by atoms with van der Waals surface area (Å²) in [5.41, 5.74) is 4.07. The maximum Gasteiger partial charge on any atom is 0.248 e. The average Bonchev–Trinajstić information content (AvgIpc) is 2.77. The molecule has 1 heterocycles. The van der Waals surface area contributed by atoms with E-state index in [1.165, 1.54) is 11.8 Å². The predicted octanol–water partition coefficient (Wildman–Crippen LogP) is 4.44. The van der Waals surface area contributed by atoms with Gasteiger partial charge in [-0.15, -0.1) is 0 Å². The zero-order valence-electron chi connectivity index (χ0n) is 19.9. The summed E-state index contributed by atoms with van der Waals surface area (Å²) in [6.07, 6.45) is 3.31. The molecule has 6 heteroatoms. The van der Waals surface area contributed by atoms with Gasteiger partial charge in [-0.3, -0.25) is 4.79 Å². The summed E-state index contributed by atoms with van der Waals surface area (Å²) >= 11 is 0. The number of amides is 1. The maximum absolute atomic E-state index is 12.4. The van der Waals surface area contributed by atoms with Crippen LogP contribution in [0, 0.1) is 12.8 Å². The number of nitrogens with zero attached hydrogens (tertiary/aromatic N) is 2. The van der Waals surface area contributed by atoms with Gasteiger partial charge in [-0.05, 0) is 67.4 Å². The van der Waals surface area contributed by atoms with Crippen LogP contribution < -0.4 is 19.7 Å². The van der Waals surface area contributed by atoms with E-state index in [4.69, 9.17) is 9.47 Å². The molecule has 0 aliphatic carbocycles. The van der Waals surface area contributed by atoms with Gasteiger partial charge in [0.25, 0.3) is 0 Å². The summed E-state index contributed by atoms with van der Waals surface area (Å²) in [6.45, 7) is 11.1. The number of benzene rings is 2. The lowest BCUT2D eigenvalue weighted by Gasteiger charge is -2.35. The fraction of sp³-hybridized carbons (Fsp3) is 0.423. The van der Waals surface area contributed by atoms with E-state index in [2.05, 4.69) is 49.0 Å². The number of carbonyl (C=O) groups excluding carboxylic acids is 1. The van der Waals surface area contributed by atoms with Crippen LogP contribution in [-0.2, 0) is 4.79 Å². The van der Waals surface area contributed by atoms with Crippen molar-refractivity contribution in [2.75, 3.05) is 57.2 Å². The molecule has 2 aromatic rings. The van der Waals surface area contributed by atoms with Crippen LogP contribution in [0.4, 0.5) is 11.4 Å². The Kier molecular flexibility index (Phi) is 8.17. The quantitative estimate of drug-likeness (QED) is 0.619. The molecule has 0 unspecified atom stereocenters. The normalized spacial score (nSPS) is 14.8. The van der Waals surface area contributed by atoms with Crippen molar-refractivity contribution in [3.8, 4) is 11.5 Å². The van der Waals surface area contributed by atoms with Gasteiger partial charge in [0.05, 0.1) is 13.7 Å². The van der Waals surface area contributed by atoms with E-state index in [-0.39, 0.29) is 5.91 Å². The number of hydrogen-bond donors (Lipinski definition) is 1. The Morgan fingerprint density at radius 2 is 1.84 bits per heavy atom. The molecular weight excluding hydrogens is 402 g/mol. The molecule has 0 spiro atoms. The van der Waals surface area contributed by atoms with Gasteiger partial charge in [-0.1, -0.05) is 19.9 Å². The fourth-order valence-electron chi connectivity index (χ4n) is 3.65. The highest BCUT2D eigenvalue weighted by atomic mass is 16.5. The third-order valence-corrected chi connectivity index (χ3v) is 5.50. The number of rotatable bonds is 8. The van der Waals surface area contributed by atoms with Crippen molar-refractivity contribution >= 4 is 23.4 Å². The van der Waals surface area contributed by atoms with E-state index in [9.17, 15) is 4.79 Å². The minimum absolute atomic E-state index is 0.171. The molecule has 172 valence electrons. The molecule has 1 aliphatic rings. The topological polar surface area (TPSA) is 54.0 Å². The van der Waals surface area contributed by atoms with Crippen LogP contribution in [0.15, 0.2) is 42.5 Å². The molecule has 0 atom stereocenters. The highest BCUT2D eigenvalue weighted by Crippen LogP contribution is 2.29. The molecule has 6 nitrogen and oxygen atoms in total. The first-order valence-corrected chi connectivity index (χ1v) is 11.2. The Labute approximate surface area is 191 Å². The first kappa shape index (κ1) is 23.7. The van der Waals surface area contributed by atoms with Gasteiger partial charge in [0, 0.05) is 43.6 Å². The number of likely N-dealkylation sites (N-methyl/N-ethyl adjacent to an activating group) is 1. The SMILES string of the molecule is COc1cc(/C=C/C(=O)Nc2ccc(N3CCN(C)CC3)c(C)c2)ccc1OCC(C)C. The Hall–Kier alpha value is -2.99. The second kappa shape index (κ2) is 11.0. The molecule has 1 amide bonds. The van der Waals surface area contributed by atoms with Gasteiger partial charge in [-0.25, -0.2) is 0 Å². The average molecular weight is 438 g/mol. The largest absolute Gasteiger partial charge is 0.493 e. The van der Waals surface area contributed by atoms with Crippen molar-refractivity contribution in [1.82, 2.24) is 4.90 Å². The smallest absolute Gasteiger partial charge is 0.248 e. The molecule has 0 bridgehead atoms. The van der Waals surface area contributed by atoms with Crippen LogP contribution >= 0.6 is 0 Å². The molecule has 0 aromatic heterocycles. The van der Waals surface area contributed by atoms with E-state index in [1.807, 2.05) is 30.3 Å². The van der Waals surface area contributed by atoms with Gasteiger partial charge >= 0.3 is 0 Å². The number of carbonyl (C=O) groups is 1. The van der Waals surface area contributed by atoms with Gasteiger partial charge in [0.1, 0.15) is 0 Å². The van der Waals surface area contributed by atoms with Gasteiger partial charge in [-0.2, -0.15) is 0 Å². The van der Waals surface area contributed by atoms with Crippen molar-refractivity contribution < 1.29 is 14.3 Å². The lowest BCUT2D eigenvalue weighted by molar-refractivity contribution is -0.111. The van der Waals surface area contributed by atoms with Crippen molar-refractivity contribution in [1.29, 1.82) is 0 Å². The third-order valence-electron chi connectivity index (χ3n) is 5.50. The van der Waals surface area contributed by atoms with Crippen LogP contribution in [0.2, 0.25) is 0 Å². The van der Waals surface area contributed by atoms with Crippen LogP contribution in [0.3, 0.4) is 0 Å². The van der Waals surface area contributed by atoms with Gasteiger partial charge in [0.2, 0.25) is 5.91 Å². The van der Waals surface area contributed by atoms with Crippen LogP contribution in [0.5, 0.6) is 11.5 Å². The second-order valence-electron chi connectivity index (χ2n) is 8.73. The molecule has 0 radical (unpaired) electrons. The molecule has 1 N–H and O–H groups in total. The fourth-order valence-corrected chi connectivity index (χ4v) is 3.65. The summed E-state index contributed by atoms with van der Waals surface area (Å²) in [5, 5.41) is 2.95. The minimum Gasteiger partial charge on any atom is -0.493 e. The van der Waals surface area contributed by atoms with E-state index in [0.717, 1.165) is 43.0 Å². The standard InChI is InChI=1S/C26H35N3O3/c1-19(2)18-32-24-10-6-21(17-25(24)31-5)7-11-26(30)27-22-8-9-23(20(3)16-22)29-14-12-28(4)13-15-29/h6-11,16-17,19H,12-15,18H2,1-5H3,(H,27,30)/b11-7+. The van der Waals surface area contributed by atoms with Crippen molar-refractivity contribution in [3.05, 3.63) is 53.6 Å². The van der Waals surface area contributed by atoms with Gasteiger partial charge in [0.15, 0.2) is 11.5 Å². The molecule has 0 saturated carbocycles. The molecule has 32 heavy (non-hydrogen) atoms. The van der Waals surface area contributed by atoms with Crippen molar-refractivity contribution in [2.24, 2.45) is 5.92 Å². The number of ether oxygens (including phenoxy) is 2. The van der Waals surface area contributed by atoms with E-state index in [1.54, 1.807) is 13.2 Å². The molecular formula is C26H35N3O3. The minimum atomic E-state index is -0.171. The third kappa shape index (κ3) is 6.50. The molecule has 2 aromatic carbocycles. The maximum atomic E-state index is 12.4. The van der Waals surface area contributed by atoms with E-state index >= 15 is 0 Å². The highest BCUT2D eigenvalue weighted by Gasteiger charge is 2.16. The number of nitrogens with one attached hydrogen (secondary N) is 1. The second-order valence-corrected chi connectivity index (χ2v) is 8.73. The van der Waals surface area contributed by atoms with E-state index < -0.39 is 0 Å². The summed E-state index contributed by atoms with van der Waals surface area (Å²) in [6, 6.07) is 11.8. The van der Waals surface area contributed by atoms with Crippen molar-refractivity contribution in [2.45, 2.75) is 20.8 Å². The van der Waals surface area contributed by atoms with Crippen LogP contribution in [0.1, 0.15) is 25.0 Å². The predicted molar refractivity (Wildman–Crippen MR) is 132 cm³/mol. The van der Waals surface area contributed by atoms with E-state index in [0.29, 0.717) is 24.0 Å². The van der Waals surface area contributed by atoms with Crippen molar-refractivity contribution in [3.63, 3.8) is 0 Å². The molecule has 1 saturated heterocycles. The Morgan fingerprint density at radius 1 is 1.09 bits per heavy atom. The first-order valence-electron chi connectivity index (χ1n) is 11.2. The summed E-state index contributed by atoms with van der Waals surface area (Å²) in [7, 11) is 3.77. The molecule has 3 rings (SSSR count). The van der Waals surface area contributed by atoms with Crippen LogP contribution in [-0.4, -0.2) is 57.8 Å². The summed E-state index contributed by atoms with van der Waals surface area (Å²) in [4.78, 5) is 17.2. The Morgan fingerprint density at radius 3 is 2.50 bits per heavy atom. The lowest BCUT2D eigenvalue weighted by Crippen LogP contribution is -2.44. The number of piperazine rings is 1. The summed E-state index contributed by atoms with van der Waals surface area (Å²) < 4.78 is 11.2. The Balaban J connectivity index is 1.61. The van der Waals surface area contributed by atoms with Gasteiger partial charge < -0.3 is 24.6 Å². The highest BCUT2D eigenvalue weighted by molar-refractivity contribution is 6.02. The zero-order valence-corrected chi connectivity index (χ0v) is 19.9. The summed E-state index contributed by atoms with van der Waals surface area (Å²) in [5.74, 6) is 1.63. The molecule has 1 fully saturated rings. The number of methoxy groups -OCH3 is 1. The Bertz CT molecular complexity index is 947. The number of aryl methyl sites for hydroxylation is 1. The number of hydrogen-bond acceptors (Lipinski definition) is 5. The lowest BCUT2D eigenvalue weighted by atomic mass is 10.1. The zero-order chi connectivity index (χ0) is 23.1. The van der Waals surface area contributed by atoms with Crippen LogP contribution in [0.25, 0.3) is 6.08 Å². The monoisotopic (exact) mass is 437 g/mol. The number of anilines is 2. The molecule has 1 aliphatic heterocycles.